The molecule has 1 saturated heterocycles. The Morgan fingerprint density at radius 1 is 0.962 bits per heavy atom. The molecule has 0 unspecified atom stereocenters. The zero-order chi connectivity index (χ0) is 17.5. The number of fused-ring (bicyclic) bond motifs is 2. The van der Waals surface area contributed by atoms with Gasteiger partial charge in [-0.05, 0) is 42.6 Å². The van der Waals surface area contributed by atoms with Crippen LogP contribution in [-0.2, 0) is 4.79 Å². The van der Waals surface area contributed by atoms with Gasteiger partial charge in [-0.15, -0.1) is 0 Å². The molecule has 2 heterocycles. The molecule has 2 spiro atoms. The van der Waals surface area contributed by atoms with Crippen molar-refractivity contribution in [3.8, 4) is 0 Å². The van der Waals surface area contributed by atoms with Crippen molar-refractivity contribution in [1.29, 1.82) is 0 Å². The first kappa shape index (κ1) is 14.8. The summed E-state index contributed by atoms with van der Waals surface area (Å²) in [7, 11) is 0. The summed E-state index contributed by atoms with van der Waals surface area (Å²) < 4.78 is 0. The Kier molecular flexibility index (Phi) is 2.65. The van der Waals surface area contributed by atoms with Crippen molar-refractivity contribution in [1.82, 2.24) is 20.0 Å². The number of aromatic nitrogens is 2. The predicted octanol–water partition coefficient (Wildman–Crippen LogP) is 2.04. The van der Waals surface area contributed by atoms with Crippen molar-refractivity contribution in [3.63, 3.8) is 0 Å². The highest BCUT2D eigenvalue weighted by Gasteiger charge is 2.88. The molecule has 26 heavy (non-hydrogen) atoms. The van der Waals surface area contributed by atoms with E-state index in [0.717, 1.165) is 10.9 Å². The highest BCUT2D eigenvalue weighted by Crippen LogP contribution is 2.92. The molecule has 2 aromatic rings. The van der Waals surface area contributed by atoms with Gasteiger partial charge < -0.3 is 9.80 Å². The second kappa shape index (κ2) is 4.67. The maximum absolute atomic E-state index is 13.0. The lowest BCUT2D eigenvalue weighted by Gasteiger charge is -2.34. The van der Waals surface area contributed by atoms with Crippen molar-refractivity contribution >= 4 is 22.7 Å². The largest absolute Gasteiger partial charge is 0.339 e. The summed E-state index contributed by atoms with van der Waals surface area (Å²) in [6, 6.07) is 7.69. The van der Waals surface area contributed by atoms with E-state index in [1.165, 1.54) is 25.7 Å². The maximum atomic E-state index is 13.0. The number of hydrogen-bond donors (Lipinski definition) is 1. The molecule has 3 aliphatic carbocycles. The van der Waals surface area contributed by atoms with Gasteiger partial charge in [0.15, 0.2) is 5.69 Å². The number of hydrogen-bond acceptors (Lipinski definition) is 3. The Morgan fingerprint density at radius 2 is 1.58 bits per heavy atom. The molecule has 1 aliphatic heterocycles. The fraction of sp³-hybridized carbons (Fsp3) is 0.550. The van der Waals surface area contributed by atoms with Crippen LogP contribution < -0.4 is 0 Å². The van der Waals surface area contributed by atoms with E-state index < -0.39 is 0 Å². The summed E-state index contributed by atoms with van der Waals surface area (Å²) in [4.78, 5) is 29.7. The number of benzene rings is 1. The number of amides is 2. The number of nitrogens with zero attached hydrogens (tertiary/aromatic N) is 3. The smallest absolute Gasteiger partial charge is 0.275 e. The van der Waals surface area contributed by atoms with Gasteiger partial charge in [0.25, 0.3) is 5.91 Å². The average Bonchev–Trinajstić information content (AvgIpc) is 3.63. The summed E-state index contributed by atoms with van der Waals surface area (Å²) in [6.45, 7) is 2.49. The molecule has 4 aliphatic rings. The molecule has 134 valence electrons. The first-order valence-corrected chi connectivity index (χ1v) is 9.68. The SMILES string of the molecule is O=C(c1n[nH]c2ccccc12)N1CCN(C(=O)C2C3(CC3)C23CC3)CC1. The minimum atomic E-state index is -0.0432. The maximum Gasteiger partial charge on any atom is 0.275 e. The van der Waals surface area contributed by atoms with Crippen LogP contribution in [0.25, 0.3) is 10.9 Å². The lowest BCUT2D eigenvalue weighted by atomic mass is 10.1. The van der Waals surface area contributed by atoms with E-state index in [1.807, 2.05) is 34.1 Å². The minimum absolute atomic E-state index is 0.0432. The molecule has 0 bridgehead atoms. The van der Waals surface area contributed by atoms with Gasteiger partial charge in [-0.2, -0.15) is 5.10 Å². The third-order valence-corrected chi connectivity index (χ3v) is 7.39. The second-order valence-electron chi connectivity index (χ2n) is 8.48. The highest BCUT2D eigenvalue weighted by molar-refractivity contribution is 6.04. The van der Waals surface area contributed by atoms with E-state index in [2.05, 4.69) is 10.2 Å². The minimum Gasteiger partial charge on any atom is -0.339 e. The number of nitrogens with one attached hydrogen (secondary N) is 1. The van der Waals surface area contributed by atoms with Crippen LogP contribution in [0.5, 0.6) is 0 Å². The number of piperazine rings is 1. The normalized spacial score (nSPS) is 25.1. The second-order valence-corrected chi connectivity index (χ2v) is 8.48. The van der Waals surface area contributed by atoms with Crippen LogP contribution >= 0.6 is 0 Å². The van der Waals surface area contributed by atoms with E-state index in [0.29, 0.717) is 54.5 Å². The Balaban J connectivity index is 1.14. The van der Waals surface area contributed by atoms with Gasteiger partial charge in [0, 0.05) is 31.6 Å². The first-order chi connectivity index (χ1) is 12.7. The van der Waals surface area contributed by atoms with Crippen molar-refractivity contribution < 1.29 is 9.59 Å². The number of carbonyl (C=O) groups excluding carboxylic acids is 2. The van der Waals surface area contributed by atoms with Crippen LogP contribution in [0.1, 0.15) is 36.2 Å². The molecule has 3 saturated carbocycles. The van der Waals surface area contributed by atoms with Gasteiger partial charge in [-0.1, -0.05) is 18.2 Å². The molecule has 0 atom stereocenters. The van der Waals surface area contributed by atoms with Gasteiger partial charge in [-0.3, -0.25) is 14.7 Å². The summed E-state index contributed by atoms with van der Waals surface area (Å²) in [6.07, 6.45) is 5.03. The third kappa shape index (κ3) is 1.75. The summed E-state index contributed by atoms with van der Waals surface area (Å²) in [5.41, 5.74) is 2.18. The van der Waals surface area contributed by atoms with Crippen LogP contribution in [0.3, 0.4) is 0 Å². The van der Waals surface area contributed by atoms with Crippen LogP contribution in [-0.4, -0.2) is 58.0 Å². The topological polar surface area (TPSA) is 69.3 Å². The molecule has 6 heteroatoms. The zero-order valence-electron chi connectivity index (χ0n) is 14.7. The molecule has 6 rings (SSSR count). The van der Waals surface area contributed by atoms with Crippen molar-refractivity contribution in [2.75, 3.05) is 26.2 Å². The lowest BCUT2D eigenvalue weighted by Crippen LogP contribution is -2.51. The van der Waals surface area contributed by atoms with E-state index in [4.69, 9.17) is 0 Å². The van der Waals surface area contributed by atoms with E-state index in [-0.39, 0.29) is 5.91 Å². The Labute approximate surface area is 151 Å². The summed E-state index contributed by atoms with van der Waals surface area (Å²) >= 11 is 0. The van der Waals surface area contributed by atoms with Gasteiger partial charge in [0.1, 0.15) is 0 Å². The summed E-state index contributed by atoms with van der Waals surface area (Å²) in [5, 5.41) is 8.01. The molecular formula is C20H22N4O2. The molecule has 1 aromatic heterocycles. The molecule has 4 fully saturated rings. The predicted molar refractivity (Wildman–Crippen MR) is 95.4 cm³/mol. The number of aromatic amines is 1. The van der Waals surface area contributed by atoms with Crippen LogP contribution in [0.4, 0.5) is 0 Å². The van der Waals surface area contributed by atoms with Crippen LogP contribution in [0.2, 0.25) is 0 Å². The van der Waals surface area contributed by atoms with E-state index in [9.17, 15) is 9.59 Å². The van der Waals surface area contributed by atoms with E-state index >= 15 is 0 Å². The quantitative estimate of drug-likeness (QED) is 0.901. The van der Waals surface area contributed by atoms with Gasteiger partial charge in [0.2, 0.25) is 5.91 Å². The third-order valence-electron chi connectivity index (χ3n) is 7.39. The molecule has 1 N–H and O–H groups in total. The Morgan fingerprint density at radius 3 is 2.23 bits per heavy atom. The standard InChI is InChI=1S/C20H22N4O2/c25-17(15-13-3-1-2-4-14(13)21-22-15)23-9-11-24(12-10-23)18(26)16-19(5-6-19)20(16)7-8-20/h1-4,16H,5-12H2,(H,21,22). The Hall–Kier alpha value is -2.37. The monoisotopic (exact) mass is 350 g/mol. The number of rotatable bonds is 2. The molecule has 2 amide bonds. The Bertz CT molecular complexity index is 914. The lowest BCUT2D eigenvalue weighted by molar-refractivity contribution is -0.134. The summed E-state index contributed by atoms with van der Waals surface area (Å²) in [5.74, 6) is 0.614. The van der Waals surface area contributed by atoms with Crippen molar-refractivity contribution in [2.24, 2.45) is 16.7 Å². The number of carbonyl (C=O) groups is 2. The van der Waals surface area contributed by atoms with Gasteiger partial charge in [0.05, 0.1) is 11.4 Å². The molecule has 6 nitrogen and oxygen atoms in total. The zero-order valence-corrected chi connectivity index (χ0v) is 14.7. The molecular weight excluding hydrogens is 328 g/mol. The van der Waals surface area contributed by atoms with E-state index in [1.54, 1.807) is 0 Å². The highest BCUT2D eigenvalue weighted by atomic mass is 16.2. The number of para-hydroxylation sites is 1. The van der Waals surface area contributed by atoms with Crippen molar-refractivity contribution in [2.45, 2.75) is 25.7 Å². The fourth-order valence-electron chi connectivity index (χ4n) is 5.64. The van der Waals surface area contributed by atoms with Gasteiger partial charge in [-0.25, -0.2) is 0 Å². The van der Waals surface area contributed by atoms with Crippen LogP contribution in [0, 0.1) is 16.7 Å². The molecule has 0 radical (unpaired) electrons. The number of H-pyrrole nitrogens is 1. The fourth-order valence-corrected chi connectivity index (χ4v) is 5.64. The first-order valence-electron chi connectivity index (χ1n) is 9.68. The average molecular weight is 350 g/mol. The van der Waals surface area contributed by atoms with Gasteiger partial charge >= 0.3 is 0 Å². The molecule has 1 aromatic carbocycles. The van der Waals surface area contributed by atoms with Crippen LogP contribution in [0.15, 0.2) is 24.3 Å². The van der Waals surface area contributed by atoms with Crippen molar-refractivity contribution in [3.05, 3.63) is 30.0 Å².